The van der Waals surface area contributed by atoms with Crippen molar-refractivity contribution in [3.8, 4) is 0 Å². The van der Waals surface area contributed by atoms with Crippen LogP contribution in [0.25, 0.3) is 0 Å². The number of methoxy groups -OCH3 is 1. The van der Waals surface area contributed by atoms with Gasteiger partial charge < -0.3 is 14.0 Å². The number of esters is 1. The van der Waals surface area contributed by atoms with Crippen LogP contribution in [0.15, 0.2) is 12.4 Å². The van der Waals surface area contributed by atoms with Gasteiger partial charge in [-0.25, -0.2) is 4.79 Å². The van der Waals surface area contributed by atoms with Crippen LogP contribution in [-0.4, -0.2) is 41.2 Å². The standard InChI is InChI=1S/C14H23BN2O4/c1-12(2,11(18)19-7)17-9-10(8-16-17)15-20-13(3,4)14(5,6)21-15/h8-9H,1-7H3. The minimum Gasteiger partial charge on any atom is -0.467 e. The van der Waals surface area contributed by atoms with Gasteiger partial charge in [0.1, 0.15) is 0 Å². The second-order valence-electron chi connectivity index (χ2n) is 6.86. The van der Waals surface area contributed by atoms with Gasteiger partial charge in [0.05, 0.1) is 18.3 Å². The lowest BCUT2D eigenvalue weighted by Gasteiger charge is -2.32. The molecule has 1 aromatic rings. The van der Waals surface area contributed by atoms with E-state index in [1.807, 2.05) is 27.7 Å². The first kappa shape index (κ1) is 16.0. The number of aromatic nitrogens is 2. The van der Waals surface area contributed by atoms with Crippen molar-refractivity contribution in [2.45, 2.75) is 58.3 Å². The first-order valence-corrected chi connectivity index (χ1v) is 7.00. The number of ether oxygens (including phenoxy) is 1. The van der Waals surface area contributed by atoms with E-state index in [4.69, 9.17) is 14.0 Å². The highest BCUT2D eigenvalue weighted by Crippen LogP contribution is 2.36. The summed E-state index contributed by atoms with van der Waals surface area (Å²) in [5.41, 5.74) is -0.906. The average molecular weight is 294 g/mol. The Bertz CT molecular complexity index is 535. The average Bonchev–Trinajstić information content (AvgIpc) is 2.92. The molecule has 0 amide bonds. The van der Waals surface area contributed by atoms with Crippen molar-refractivity contribution in [3.05, 3.63) is 12.4 Å². The molecule has 0 aromatic carbocycles. The van der Waals surface area contributed by atoms with Crippen LogP contribution in [-0.2, 0) is 24.4 Å². The summed E-state index contributed by atoms with van der Waals surface area (Å²) in [7, 11) is 0.875. The number of carbonyl (C=O) groups is 1. The minimum absolute atomic E-state index is 0.355. The van der Waals surface area contributed by atoms with Gasteiger partial charge in [-0.15, -0.1) is 0 Å². The van der Waals surface area contributed by atoms with E-state index in [0.717, 1.165) is 5.46 Å². The number of nitrogens with zero attached hydrogens (tertiary/aromatic N) is 2. The molecule has 0 unspecified atom stereocenters. The lowest BCUT2D eigenvalue weighted by atomic mass is 9.82. The Morgan fingerprint density at radius 3 is 2.29 bits per heavy atom. The second kappa shape index (κ2) is 4.85. The van der Waals surface area contributed by atoms with E-state index in [1.165, 1.54) is 7.11 Å². The molecule has 0 aliphatic carbocycles. The van der Waals surface area contributed by atoms with Gasteiger partial charge in [-0.1, -0.05) is 0 Å². The Morgan fingerprint density at radius 1 is 1.29 bits per heavy atom. The van der Waals surface area contributed by atoms with Crippen LogP contribution in [0.4, 0.5) is 0 Å². The van der Waals surface area contributed by atoms with E-state index in [-0.39, 0.29) is 5.97 Å². The van der Waals surface area contributed by atoms with Gasteiger partial charge in [-0.3, -0.25) is 4.68 Å². The Labute approximate surface area is 125 Å². The molecule has 1 saturated heterocycles. The second-order valence-corrected chi connectivity index (χ2v) is 6.86. The SMILES string of the molecule is COC(=O)C(C)(C)n1cc(B2OC(C)(C)C(C)(C)O2)cn1. The van der Waals surface area contributed by atoms with Gasteiger partial charge >= 0.3 is 13.1 Å². The van der Waals surface area contributed by atoms with Crippen molar-refractivity contribution in [3.63, 3.8) is 0 Å². The summed E-state index contributed by atoms with van der Waals surface area (Å²) in [5, 5.41) is 4.25. The summed E-state index contributed by atoms with van der Waals surface area (Å²) in [6, 6.07) is 0. The lowest BCUT2D eigenvalue weighted by molar-refractivity contribution is -0.150. The molecule has 7 heteroatoms. The van der Waals surface area contributed by atoms with E-state index in [9.17, 15) is 4.79 Å². The summed E-state index contributed by atoms with van der Waals surface area (Å²) in [6.07, 6.45) is 3.42. The van der Waals surface area contributed by atoms with Crippen LogP contribution in [0.2, 0.25) is 0 Å². The molecule has 1 aliphatic rings. The van der Waals surface area contributed by atoms with Gasteiger partial charge in [-0.05, 0) is 41.5 Å². The number of hydrogen-bond acceptors (Lipinski definition) is 5. The van der Waals surface area contributed by atoms with Crippen LogP contribution in [0.5, 0.6) is 0 Å². The molecule has 1 aromatic heterocycles. The minimum atomic E-state index is -0.878. The largest absolute Gasteiger partial charge is 0.498 e. The highest BCUT2D eigenvalue weighted by Gasteiger charge is 2.52. The van der Waals surface area contributed by atoms with Crippen molar-refractivity contribution in [2.24, 2.45) is 0 Å². The predicted molar refractivity (Wildman–Crippen MR) is 79.3 cm³/mol. The van der Waals surface area contributed by atoms with Gasteiger partial charge in [-0.2, -0.15) is 5.10 Å². The van der Waals surface area contributed by atoms with Crippen LogP contribution < -0.4 is 5.46 Å². The fourth-order valence-corrected chi connectivity index (χ4v) is 2.09. The highest BCUT2D eigenvalue weighted by molar-refractivity contribution is 6.62. The van der Waals surface area contributed by atoms with Crippen molar-refractivity contribution in [1.29, 1.82) is 0 Å². The quantitative estimate of drug-likeness (QED) is 0.617. The molecule has 0 spiro atoms. The summed E-state index contributed by atoms with van der Waals surface area (Å²) < 4.78 is 18.3. The predicted octanol–water partition coefficient (Wildman–Crippen LogP) is 1.09. The molecule has 1 aliphatic heterocycles. The zero-order valence-electron chi connectivity index (χ0n) is 13.8. The Balaban J connectivity index is 2.25. The van der Waals surface area contributed by atoms with Gasteiger partial charge in [0.15, 0.2) is 5.54 Å². The maximum atomic E-state index is 11.8. The molecule has 0 saturated carbocycles. The third-order valence-electron chi connectivity index (χ3n) is 4.39. The Morgan fingerprint density at radius 2 is 1.81 bits per heavy atom. The molecule has 1 fully saturated rings. The maximum absolute atomic E-state index is 11.8. The zero-order chi connectivity index (χ0) is 16.1. The van der Waals surface area contributed by atoms with E-state index in [0.29, 0.717) is 0 Å². The first-order valence-electron chi connectivity index (χ1n) is 7.00. The van der Waals surface area contributed by atoms with E-state index >= 15 is 0 Å². The van der Waals surface area contributed by atoms with Crippen LogP contribution >= 0.6 is 0 Å². The van der Waals surface area contributed by atoms with Gasteiger partial charge in [0.2, 0.25) is 0 Å². The lowest BCUT2D eigenvalue weighted by Crippen LogP contribution is -2.41. The summed E-state index contributed by atoms with van der Waals surface area (Å²) in [6.45, 7) is 11.5. The van der Waals surface area contributed by atoms with Gasteiger partial charge in [0.25, 0.3) is 0 Å². The molecule has 2 rings (SSSR count). The third-order valence-corrected chi connectivity index (χ3v) is 4.39. The van der Waals surface area contributed by atoms with E-state index in [1.54, 1.807) is 30.9 Å². The van der Waals surface area contributed by atoms with Crippen LogP contribution in [0.1, 0.15) is 41.5 Å². The van der Waals surface area contributed by atoms with Gasteiger partial charge in [0, 0.05) is 17.9 Å². The molecule has 0 N–H and O–H groups in total. The Hall–Kier alpha value is -1.34. The van der Waals surface area contributed by atoms with Crippen molar-refractivity contribution in [1.82, 2.24) is 9.78 Å². The molecule has 0 bridgehead atoms. The van der Waals surface area contributed by atoms with Crippen LogP contribution in [0, 0.1) is 0 Å². The number of hydrogen-bond donors (Lipinski definition) is 0. The molecule has 2 heterocycles. The third kappa shape index (κ3) is 2.60. The monoisotopic (exact) mass is 294 g/mol. The molecular formula is C14H23BN2O4. The number of rotatable bonds is 3. The van der Waals surface area contributed by atoms with Crippen molar-refractivity contribution >= 4 is 18.6 Å². The van der Waals surface area contributed by atoms with Crippen molar-refractivity contribution in [2.75, 3.05) is 7.11 Å². The topological polar surface area (TPSA) is 62.6 Å². The maximum Gasteiger partial charge on any atom is 0.498 e. The Kier molecular flexibility index (Phi) is 3.70. The van der Waals surface area contributed by atoms with Crippen molar-refractivity contribution < 1.29 is 18.8 Å². The fraction of sp³-hybridized carbons (Fsp3) is 0.714. The zero-order valence-corrected chi connectivity index (χ0v) is 13.8. The normalized spacial score (nSPS) is 20.6. The van der Waals surface area contributed by atoms with E-state index < -0.39 is 23.9 Å². The molecule has 21 heavy (non-hydrogen) atoms. The van der Waals surface area contributed by atoms with Crippen LogP contribution in [0.3, 0.4) is 0 Å². The molecule has 6 nitrogen and oxygen atoms in total. The number of carbonyl (C=O) groups excluding carboxylic acids is 1. The molecular weight excluding hydrogens is 271 g/mol. The first-order chi connectivity index (χ1) is 9.51. The highest BCUT2D eigenvalue weighted by atomic mass is 16.7. The smallest absolute Gasteiger partial charge is 0.467 e. The fourth-order valence-electron chi connectivity index (χ4n) is 2.09. The van der Waals surface area contributed by atoms with E-state index in [2.05, 4.69) is 5.10 Å². The summed E-state index contributed by atoms with van der Waals surface area (Å²) in [4.78, 5) is 11.8. The summed E-state index contributed by atoms with van der Waals surface area (Å²) in [5.74, 6) is -0.355. The summed E-state index contributed by atoms with van der Waals surface area (Å²) >= 11 is 0. The molecule has 0 atom stereocenters. The molecule has 0 radical (unpaired) electrons. The molecule has 116 valence electrons.